The summed E-state index contributed by atoms with van der Waals surface area (Å²) in [7, 11) is 1.90. The number of rotatable bonds is 4. The van der Waals surface area contributed by atoms with E-state index in [1.807, 2.05) is 26.4 Å². The zero-order valence-corrected chi connectivity index (χ0v) is 12.0. The molecule has 1 aliphatic heterocycles. The van der Waals surface area contributed by atoms with Crippen molar-refractivity contribution < 1.29 is 9.90 Å². The second-order valence-corrected chi connectivity index (χ2v) is 5.64. The first-order valence-corrected chi connectivity index (χ1v) is 6.94. The molecule has 1 saturated heterocycles. The minimum atomic E-state index is -0.655. The lowest BCUT2D eigenvalue weighted by Gasteiger charge is -2.42. The van der Waals surface area contributed by atoms with Crippen LogP contribution < -0.4 is 0 Å². The molecule has 0 amide bonds. The third kappa shape index (κ3) is 2.66. The first-order chi connectivity index (χ1) is 8.98. The molecule has 2 rings (SSSR count). The predicted molar refractivity (Wildman–Crippen MR) is 72.8 cm³/mol. The number of aryl methyl sites for hydroxylation is 1. The second-order valence-electron chi connectivity index (χ2n) is 5.64. The Hall–Kier alpha value is -1.36. The maximum absolute atomic E-state index is 11.6. The zero-order chi connectivity index (χ0) is 14.0. The molecule has 1 fully saturated rings. The molecule has 5 heteroatoms. The van der Waals surface area contributed by atoms with Gasteiger partial charge in [-0.2, -0.15) is 5.10 Å². The van der Waals surface area contributed by atoms with E-state index in [2.05, 4.69) is 16.9 Å². The van der Waals surface area contributed by atoms with Crippen molar-refractivity contribution in [1.29, 1.82) is 0 Å². The van der Waals surface area contributed by atoms with Crippen molar-refractivity contribution >= 4 is 5.97 Å². The van der Waals surface area contributed by atoms with Crippen molar-refractivity contribution in [2.45, 2.75) is 39.2 Å². The number of carboxylic acids is 1. The number of aliphatic carboxylic acids is 1. The molecule has 0 aliphatic carbocycles. The van der Waals surface area contributed by atoms with E-state index >= 15 is 0 Å². The van der Waals surface area contributed by atoms with Gasteiger partial charge in [0.1, 0.15) is 0 Å². The zero-order valence-electron chi connectivity index (χ0n) is 12.0. The number of piperidine rings is 1. The van der Waals surface area contributed by atoms with Gasteiger partial charge in [-0.1, -0.05) is 6.92 Å². The molecule has 0 radical (unpaired) electrons. The van der Waals surface area contributed by atoms with Crippen LogP contribution in [0.3, 0.4) is 0 Å². The van der Waals surface area contributed by atoms with Crippen molar-refractivity contribution in [1.82, 2.24) is 14.7 Å². The standard InChI is InChI=1S/C14H23N3O2/c1-4-14(13(18)19)6-5-7-17(10-14)11(2)12-8-15-16(3)9-12/h8-9,11H,4-7,10H2,1-3H3,(H,18,19). The largest absolute Gasteiger partial charge is 0.481 e. The predicted octanol–water partition coefficient (Wildman–Crippen LogP) is 2.06. The average molecular weight is 265 g/mol. The molecule has 0 aromatic carbocycles. The molecule has 2 atom stereocenters. The fourth-order valence-corrected chi connectivity index (χ4v) is 2.98. The maximum Gasteiger partial charge on any atom is 0.310 e. The van der Waals surface area contributed by atoms with E-state index in [-0.39, 0.29) is 6.04 Å². The summed E-state index contributed by atoms with van der Waals surface area (Å²) in [6, 6.07) is 0.222. The topological polar surface area (TPSA) is 58.4 Å². The number of carbonyl (C=O) groups is 1. The molecular formula is C14H23N3O2. The summed E-state index contributed by atoms with van der Waals surface area (Å²) in [4.78, 5) is 13.8. The van der Waals surface area contributed by atoms with Crippen LogP contribution in [-0.2, 0) is 11.8 Å². The third-order valence-electron chi connectivity index (χ3n) is 4.49. The number of carboxylic acid groups (broad SMARTS) is 1. The van der Waals surface area contributed by atoms with Gasteiger partial charge >= 0.3 is 5.97 Å². The van der Waals surface area contributed by atoms with E-state index in [0.717, 1.165) is 24.9 Å². The van der Waals surface area contributed by atoms with Gasteiger partial charge in [0, 0.05) is 31.4 Å². The minimum Gasteiger partial charge on any atom is -0.481 e. The van der Waals surface area contributed by atoms with Gasteiger partial charge < -0.3 is 5.11 Å². The quantitative estimate of drug-likeness (QED) is 0.905. The van der Waals surface area contributed by atoms with Crippen LogP contribution in [0, 0.1) is 5.41 Å². The smallest absolute Gasteiger partial charge is 0.310 e. The number of nitrogens with zero attached hydrogens (tertiary/aromatic N) is 3. The number of aromatic nitrogens is 2. The van der Waals surface area contributed by atoms with Crippen LogP contribution in [0.1, 0.15) is 44.7 Å². The van der Waals surface area contributed by atoms with Crippen LogP contribution in [0.2, 0.25) is 0 Å². The van der Waals surface area contributed by atoms with Crippen LogP contribution in [0.5, 0.6) is 0 Å². The maximum atomic E-state index is 11.6. The van der Waals surface area contributed by atoms with Crippen molar-refractivity contribution in [2.75, 3.05) is 13.1 Å². The molecule has 5 nitrogen and oxygen atoms in total. The van der Waals surface area contributed by atoms with Gasteiger partial charge in [-0.25, -0.2) is 0 Å². The highest BCUT2D eigenvalue weighted by atomic mass is 16.4. The van der Waals surface area contributed by atoms with Crippen molar-refractivity contribution in [3.63, 3.8) is 0 Å². The van der Waals surface area contributed by atoms with Gasteiger partial charge in [-0.3, -0.25) is 14.4 Å². The molecule has 0 saturated carbocycles. The number of hydrogen-bond acceptors (Lipinski definition) is 3. The van der Waals surface area contributed by atoms with Crippen LogP contribution in [0.4, 0.5) is 0 Å². The molecule has 1 N–H and O–H groups in total. The molecular weight excluding hydrogens is 242 g/mol. The highest BCUT2D eigenvalue weighted by Crippen LogP contribution is 2.37. The highest BCUT2D eigenvalue weighted by molar-refractivity contribution is 5.75. The van der Waals surface area contributed by atoms with Crippen LogP contribution in [0.15, 0.2) is 12.4 Å². The number of hydrogen-bond donors (Lipinski definition) is 1. The summed E-state index contributed by atoms with van der Waals surface area (Å²) < 4.78 is 1.79. The van der Waals surface area contributed by atoms with E-state index in [1.54, 1.807) is 4.68 Å². The first kappa shape index (κ1) is 14.1. The Balaban J connectivity index is 2.15. The highest BCUT2D eigenvalue weighted by Gasteiger charge is 2.41. The van der Waals surface area contributed by atoms with Crippen molar-refractivity contribution in [2.24, 2.45) is 12.5 Å². The molecule has 1 aromatic rings. The Morgan fingerprint density at radius 1 is 1.63 bits per heavy atom. The van der Waals surface area contributed by atoms with Gasteiger partial charge in [0.05, 0.1) is 11.6 Å². The van der Waals surface area contributed by atoms with Crippen LogP contribution in [0.25, 0.3) is 0 Å². The van der Waals surface area contributed by atoms with E-state index < -0.39 is 11.4 Å². The van der Waals surface area contributed by atoms with Gasteiger partial charge in [-0.05, 0) is 32.7 Å². The molecule has 2 unspecified atom stereocenters. The average Bonchev–Trinajstić information content (AvgIpc) is 2.84. The summed E-state index contributed by atoms with van der Waals surface area (Å²) in [6.07, 6.45) is 6.31. The molecule has 106 valence electrons. The monoisotopic (exact) mass is 265 g/mol. The normalized spacial score (nSPS) is 26.3. The summed E-state index contributed by atoms with van der Waals surface area (Å²) >= 11 is 0. The Morgan fingerprint density at radius 3 is 2.89 bits per heavy atom. The first-order valence-electron chi connectivity index (χ1n) is 6.94. The summed E-state index contributed by atoms with van der Waals surface area (Å²) in [5.41, 5.74) is 0.578. The minimum absolute atomic E-state index is 0.222. The number of likely N-dealkylation sites (tertiary alicyclic amines) is 1. The second kappa shape index (κ2) is 5.33. The van der Waals surface area contributed by atoms with E-state index in [9.17, 15) is 9.90 Å². The van der Waals surface area contributed by atoms with E-state index in [4.69, 9.17) is 0 Å². The lowest BCUT2D eigenvalue weighted by molar-refractivity contribution is -0.153. The Labute approximate surface area is 114 Å². The SMILES string of the molecule is CCC1(C(=O)O)CCCN(C(C)c2cnn(C)c2)C1. The third-order valence-corrected chi connectivity index (χ3v) is 4.49. The Bertz CT molecular complexity index is 457. The summed E-state index contributed by atoms with van der Waals surface area (Å²) in [5, 5.41) is 13.7. The van der Waals surface area contributed by atoms with Crippen molar-refractivity contribution in [3.8, 4) is 0 Å². The van der Waals surface area contributed by atoms with E-state index in [1.165, 1.54) is 0 Å². The molecule has 2 heterocycles. The lowest BCUT2D eigenvalue weighted by Crippen LogP contribution is -2.48. The van der Waals surface area contributed by atoms with Gasteiger partial charge in [0.2, 0.25) is 0 Å². The van der Waals surface area contributed by atoms with Crippen LogP contribution >= 0.6 is 0 Å². The van der Waals surface area contributed by atoms with Crippen molar-refractivity contribution in [3.05, 3.63) is 18.0 Å². The molecule has 0 bridgehead atoms. The van der Waals surface area contributed by atoms with Gasteiger partial charge in [-0.15, -0.1) is 0 Å². The van der Waals surface area contributed by atoms with Crippen LogP contribution in [-0.4, -0.2) is 38.8 Å². The summed E-state index contributed by atoms with van der Waals surface area (Å²) in [6.45, 7) is 5.71. The lowest BCUT2D eigenvalue weighted by atomic mass is 9.77. The Kier molecular flexibility index (Phi) is 3.94. The fraction of sp³-hybridized carbons (Fsp3) is 0.714. The molecule has 19 heavy (non-hydrogen) atoms. The molecule has 1 aliphatic rings. The molecule has 1 aromatic heterocycles. The molecule has 0 spiro atoms. The van der Waals surface area contributed by atoms with Gasteiger partial charge in [0.15, 0.2) is 0 Å². The fourth-order valence-electron chi connectivity index (χ4n) is 2.98. The Morgan fingerprint density at radius 2 is 2.37 bits per heavy atom. The summed E-state index contributed by atoms with van der Waals surface area (Å²) in [5.74, 6) is -0.655. The van der Waals surface area contributed by atoms with E-state index in [0.29, 0.717) is 13.0 Å². The van der Waals surface area contributed by atoms with Gasteiger partial charge in [0.25, 0.3) is 0 Å².